The van der Waals surface area contributed by atoms with Gasteiger partial charge >= 0.3 is 0 Å². The van der Waals surface area contributed by atoms with Gasteiger partial charge in [-0.2, -0.15) is 11.8 Å². The predicted molar refractivity (Wildman–Crippen MR) is 74.5 cm³/mol. The highest BCUT2D eigenvalue weighted by molar-refractivity contribution is 8.00. The normalized spacial score (nSPS) is 11.6. The van der Waals surface area contributed by atoms with E-state index in [2.05, 4.69) is 0 Å². The maximum atomic E-state index is 11.9. The Morgan fingerprint density at radius 1 is 1.18 bits per heavy atom. The fraction of sp³-hybridized carbons (Fsp3) is 0.455. The molecule has 0 atom stereocenters. The molecule has 0 heterocycles. The van der Waals surface area contributed by atoms with Gasteiger partial charge in [-0.1, -0.05) is 11.6 Å². The molecule has 1 aromatic rings. The molecule has 3 nitrogen and oxygen atoms in total. The Morgan fingerprint density at radius 3 is 2.41 bits per heavy atom. The molecule has 0 radical (unpaired) electrons. The van der Waals surface area contributed by atoms with Crippen molar-refractivity contribution < 1.29 is 8.42 Å². The largest absolute Gasteiger partial charge is 0.330 e. The van der Waals surface area contributed by atoms with Gasteiger partial charge < -0.3 is 5.73 Å². The Kier molecular flexibility index (Phi) is 6.33. The van der Waals surface area contributed by atoms with Crippen LogP contribution < -0.4 is 5.73 Å². The first-order valence-electron chi connectivity index (χ1n) is 5.32. The summed E-state index contributed by atoms with van der Waals surface area (Å²) in [5, 5.41) is 0.543. The first-order valence-corrected chi connectivity index (χ1v) is 8.51. The van der Waals surface area contributed by atoms with Gasteiger partial charge in [0.15, 0.2) is 9.84 Å². The lowest BCUT2D eigenvalue weighted by atomic mass is 10.4. The molecule has 17 heavy (non-hydrogen) atoms. The second-order valence-corrected chi connectivity index (χ2v) is 7.30. The molecule has 1 aromatic carbocycles. The van der Waals surface area contributed by atoms with Crippen LogP contribution in [0.15, 0.2) is 29.2 Å². The monoisotopic (exact) mass is 293 g/mol. The van der Waals surface area contributed by atoms with Crippen molar-refractivity contribution in [2.45, 2.75) is 11.3 Å². The molecule has 0 aliphatic heterocycles. The number of halogens is 1. The van der Waals surface area contributed by atoms with Gasteiger partial charge in [0, 0.05) is 10.8 Å². The molecule has 0 aliphatic carbocycles. The Bertz CT molecular complexity index is 431. The van der Waals surface area contributed by atoms with Crippen LogP contribution >= 0.6 is 23.4 Å². The molecule has 0 saturated carbocycles. The lowest BCUT2D eigenvalue weighted by Crippen LogP contribution is -2.09. The molecule has 6 heteroatoms. The van der Waals surface area contributed by atoms with E-state index in [1.54, 1.807) is 36.0 Å². The first kappa shape index (κ1) is 14.8. The number of benzene rings is 1. The second kappa shape index (κ2) is 7.26. The summed E-state index contributed by atoms with van der Waals surface area (Å²) < 4.78 is 23.8. The van der Waals surface area contributed by atoms with Crippen LogP contribution in [-0.4, -0.2) is 32.2 Å². The van der Waals surface area contributed by atoms with E-state index in [0.717, 1.165) is 12.2 Å². The van der Waals surface area contributed by atoms with E-state index in [4.69, 9.17) is 17.3 Å². The van der Waals surface area contributed by atoms with E-state index < -0.39 is 9.84 Å². The van der Waals surface area contributed by atoms with Crippen LogP contribution in [-0.2, 0) is 9.84 Å². The molecular weight excluding hydrogens is 278 g/mol. The molecule has 96 valence electrons. The molecule has 0 bridgehead atoms. The maximum absolute atomic E-state index is 11.9. The minimum absolute atomic E-state index is 0.157. The lowest BCUT2D eigenvalue weighted by molar-refractivity contribution is 0.597. The molecule has 0 aliphatic rings. The van der Waals surface area contributed by atoms with Crippen molar-refractivity contribution in [3.8, 4) is 0 Å². The summed E-state index contributed by atoms with van der Waals surface area (Å²) in [5.74, 6) is 1.67. The molecule has 1 rings (SSSR count). The van der Waals surface area contributed by atoms with Gasteiger partial charge in [0.25, 0.3) is 0 Å². The van der Waals surface area contributed by atoms with Gasteiger partial charge in [0.05, 0.1) is 10.6 Å². The van der Waals surface area contributed by atoms with Crippen LogP contribution in [0.5, 0.6) is 0 Å². The summed E-state index contributed by atoms with van der Waals surface area (Å²) in [4.78, 5) is 0.335. The second-order valence-electron chi connectivity index (χ2n) is 3.53. The summed E-state index contributed by atoms with van der Waals surface area (Å²) in [6, 6.07) is 6.27. The molecule has 0 spiro atoms. The smallest absolute Gasteiger partial charge is 0.179 e. The van der Waals surface area contributed by atoms with Crippen LogP contribution in [0.1, 0.15) is 6.42 Å². The minimum Gasteiger partial charge on any atom is -0.330 e. The summed E-state index contributed by atoms with van der Waals surface area (Å²) in [5.41, 5.74) is 5.36. The molecule has 0 amide bonds. The van der Waals surface area contributed by atoms with Gasteiger partial charge in [-0.3, -0.25) is 0 Å². The maximum Gasteiger partial charge on any atom is 0.179 e. The van der Waals surface area contributed by atoms with Crippen molar-refractivity contribution in [1.82, 2.24) is 0 Å². The predicted octanol–water partition coefficient (Wildman–Crippen LogP) is 2.20. The van der Waals surface area contributed by atoms with Gasteiger partial charge in [0.1, 0.15) is 0 Å². The van der Waals surface area contributed by atoms with Crippen molar-refractivity contribution in [2.24, 2.45) is 5.73 Å². The number of nitrogens with two attached hydrogens (primary N) is 1. The summed E-state index contributed by atoms with van der Waals surface area (Å²) >= 11 is 7.33. The topological polar surface area (TPSA) is 60.2 Å². The number of rotatable bonds is 7. The van der Waals surface area contributed by atoms with Crippen molar-refractivity contribution in [2.75, 3.05) is 23.8 Å². The van der Waals surface area contributed by atoms with Gasteiger partial charge in [-0.05, 0) is 43.0 Å². The van der Waals surface area contributed by atoms with E-state index in [1.807, 2.05) is 0 Å². The highest BCUT2D eigenvalue weighted by atomic mass is 35.5. The molecular formula is C11H16ClNO2S2. The molecule has 2 N–H and O–H groups in total. The third kappa shape index (κ3) is 5.29. The summed E-state index contributed by atoms with van der Waals surface area (Å²) in [6.45, 7) is 0.650. The zero-order valence-electron chi connectivity index (χ0n) is 9.43. The van der Waals surface area contributed by atoms with E-state index in [1.165, 1.54) is 0 Å². The quantitative estimate of drug-likeness (QED) is 0.783. The molecule has 0 fully saturated rings. The Hall–Kier alpha value is -0.230. The SMILES string of the molecule is NCCCSCCS(=O)(=O)c1ccc(Cl)cc1. The molecule has 0 saturated heterocycles. The highest BCUT2D eigenvalue weighted by Crippen LogP contribution is 2.16. The minimum atomic E-state index is -3.17. The van der Waals surface area contributed by atoms with Gasteiger partial charge in [-0.15, -0.1) is 0 Å². The van der Waals surface area contributed by atoms with Crippen LogP contribution in [0.4, 0.5) is 0 Å². The highest BCUT2D eigenvalue weighted by Gasteiger charge is 2.13. The van der Waals surface area contributed by atoms with Crippen molar-refractivity contribution >= 4 is 33.2 Å². The van der Waals surface area contributed by atoms with E-state index in [0.29, 0.717) is 22.2 Å². The van der Waals surface area contributed by atoms with Crippen molar-refractivity contribution in [3.63, 3.8) is 0 Å². The Morgan fingerprint density at radius 2 is 1.82 bits per heavy atom. The molecule has 0 unspecified atom stereocenters. The standard InChI is InChI=1S/C11H16ClNO2S2/c12-10-2-4-11(5-3-10)17(14,15)9-8-16-7-1-6-13/h2-5H,1,6-9,13H2. The third-order valence-corrected chi connectivity index (χ3v) is 5.47. The summed E-state index contributed by atoms with van der Waals surface area (Å²) in [6.07, 6.45) is 0.922. The van der Waals surface area contributed by atoms with E-state index >= 15 is 0 Å². The zero-order valence-corrected chi connectivity index (χ0v) is 11.8. The number of sulfone groups is 1. The van der Waals surface area contributed by atoms with E-state index in [9.17, 15) is 8.42 Å². The van der Waals surface area contributed by atoms with Crippen molar-refractivity contribution in [1.29, 1.82) is 0 Å². The Balaban J connectivity index is 2.48. The van der Waals surface area contributed by atoms with Crippen LogP contribution in [0.3, 0.4) is 0 Å². The average molecular weight is 294 g/mol. The van der Waals surface area contributed by atoms with Crippen molar-refractivity contribution in [3.05, 3.63) is 29.3 Å². The number of thioether (sulfide) groups is 1. The number of hydrogen-bond acceptors (Lipinski definition) is 4. The average Bonchev–Trinajstić information content (AvgIpc) is 2.29. The number of hydrogen-bond donors (Lipinski definition) is 1. The lowest BCUT2D eigenvalue weighted by Gasteiger charge is -2.04. The first-order chi connectivity index (χ1) is 8.06. The zero-order chi connectivity index (χ0) is 12.7. The fourth-order valence-corrected chi connectivity index (χ4v) is 4.05. The van der Waals surface area contributed by atoms with Crippen LogP contribution in [0, 0.1) is 0 Å². The summed E-state index contributed by atoms with van der Waals surface area (Å²) in [7, 11) is -3.17. The van der Waals surface area contributed by atoms with Crippen LogP contribution in [0.25, 0.3) is 0 Å². The third-order valence-electron chi connectivity index (χ3n) is 2.16. The Labute approximate surface area is 112 Å². The van der Waals surface area contributed by atoms with Crippen LogP contribution in [0.2, 0.25) is 5.02 Å². The van der Waals surface area contributed by atoms with E-state index in [-0.39, 0.29) is 5.75 Å². The fourth-order valence-electron chi connectivity index (χ4n) is 1.22. The van der Waals surface area contributed by atoms with Gasteiger partial charge in [0.2, 0.25) is 0 Å². The molecule has 0 aromatic heterocycles. The van der Waals surface area contributed by atoms with Gasteiger partial charge in [-0.25, -0.2) is 8.42 Å².